The lowest BCUT2D eigenvalue weighted by atomic mass is 10.2. The monoisotopic (exact) mass is 237 g/mol. The largest absolute Gasteiger partial charge is 0.456 e. The highest BCUT2D eigenvalue weighted by molar-refractivity contribution is 5.79. The molecule has 2 unspecified atom stereocenters. The van der Waals surface area contributed by atoms with Crippen LogP contribution in [0.1, 0.15) is 19.8 Å². The number of cyclic esters (lactones) is 1. The van der Waals surface area contributed by atoms with Crippen molar-refractivity contribution in [2.24, 2.45) is 0 Å². The minimum Gasteiger partial charge on any atom is -0.456 e. The molecular formula is C10H17F2NO3. The first-order valence-electron chi connectivity index (χ1n) is 5.27. The maximum atomic E-state index is 12.8. The van der Waals surface area contributed by atoms with Gasteiger partial charge in [-0.15, -0.1) is 0 Å². The van der Waals surface area contributed by atoms with Gasteiger partial charge in [0.2, 0.25) is 0 Å². The highest BCUT2D eigenvalue weighted by atomic mass is 19.3. The number of nitrogens with one attached hydrogen (secondary N) is 1. The van der Waals surface area contributed by atoms with E-state index in [2.05, 4.69) is 10.1 Å². The van der Waals surface area contributed by atoms with Crippen LogP contribution in [0.2, 0.25) is 0 Å². The summed E-state index contributed by atoms with van der Waals surface area (Å²) < 4.78 is 35.0. The second-order valence-electron chi connectivity index (χ2n) is 4.03. The first-order chi connectivity index (χ1) is 7.45. The predicted molar refractivity (Wildman–Crippen MR) is 53.4 cm³/mol. The lowest BCUT2D eigenvalue weighted by molar-refractivity contribution is -0.159. The van der Waals surface area contributed by atoms with Gasteiger partial charge in [-0.25, -0.2) is 4.79 Å². The zero-order valence-electron chi connectivity index (χ0n) is 9.46. The molecule has 1 aliphatic rings. The number of esters is 1. The van der Waals surface area contributed by atoms with E-state index in [1.165, 1.54) is 0 Å². The summed E-state index contributed by atoms with van der Waals surface area (Å²) in [5.41, 5.74) is 0. The van der Waals surface area contributed by atoms with Gasteiger partial charge in [0.1, 0.15) is 6.10 Å². The average molecular weight is 237 g/mol. The van der Waals surface area contributed by atoms with E-state index in [9.17, 15) is 13.6 Å². The number of methoxy groups -OCH3 is 1. The molecule has 94 valence electrons. The van der Waals surface area contributed by atoms with Gasteiger partial charge in [0.25, 0.3) is 0 Å². The van der Waals surface area contributed by atoms with Crippen LogP contribution in [0.25, 0.3) is 0 Å². The Kier molecular flexibility index (Phi) is 4.61. The molecule has 1 N–H and O–H groups in total. The Hall–Kier alpha value is -0.750. The van der Waals surface area contributed by atoms with Crippen molar-refractivity contribution in [3.05, 3.63) is 0 Å². The molecule has 4 nitrogen and oxygen atoms in total. The summed E-state index contributed by atoms with van der Waals surface area (Å²) in [7, 11) is 1.60. The molecule has 16 heavy (non-hydrogen) atoms. The van der Waals surface area contributed by atoms with Crippen LogP contribution in [-0.4, -0.2) is 44.3 Å². The fourth-order valence-electron chi connectivity index (χ4n) is 1.49. The van der Waals surface area contributed by atoms with Crippen molar-refractivity contribution in [2.75, 3.05) is 20.3 Å². The van der Waals surface area contributed by atoms with E-state index in [1.807, 2.05) is 6.92 Å². The van der Waals surface area contributed by atoms with E-state index >= 15 is 0 Å². The minimum atomic E-state index is -3.32. The molecule has 6 heteroatoms. The van der Waals surface area contributed by atoms with Gasteiger partial charge in [0.15, 0.2) is 0 Å². The second-order valence-corrected chi connectivity index (χ2v) is 4.03. The summed E-state index contributed by atoms with van der Waals surface area (Å²) in [4.78, 5) is 10.7. The summed E-state index contributed by atoms with van der Waals surface area (Å²) >= 11 is 0. The Morgan fingerprint density at radius 1 is 1.69 bits per heavy atom. The molecule has 0 aromatic rings. The standard InChI is InChI=1S/C10H17F2NO3/c1-7(3-4-15-2)13-6-8-5-10(11,12)9(14)16-8/h7-8,13H,3-6H2,1-2H3. The van der Waals surface area contributed by atoms with E-state index in [1.54, 1.807) is 7.11 Å². The van der Waals surface area contributed by atoms with Gasteiger partial charge in [-0.1, -0.05) is 0 Å². The first-order valence-corrected chi connectivity index (χ1v) is 5.27. The zero-order chi connectivity index (χ0) is 12.2. The van der Waals surface area contributed by atoms with Gasteiger partial charge in [0, 0.05) is 26.3 Å². The van der Waals surface area contributed by atoms with Crippen LogP contribution >= 0.6 is 0 Å². The van der Waals surface area contributed by atoms with Crippen LogP contribution in [0.5, 0.6) is 0 Å². The van der Waals surface area contributed by atoms with E-state index in [0.717, 1.165) is 6.42 Å². The number of carbonyl (C=O) groups excluding carboxylic acids is 1. The summed E-state index contributed by atoms with van der Waals surface area (Å²) in [6, 6.07) is 0.146. The normalized spacial score (nSPS) is 25.5. The minimum absolute atomic E-state index is 0.146. The summed E-state index contributed by atoms with van der Waals surface area (Å²) in [6.07, 6.45) is -0.476. The maximum absolute atomic E-state index is 12.8. The number of alkyl halides is 2. The number of ether oxygens (including phenoxy) is 2. The predicted octanol–water partition coefficient (Wildman–Crippen LogP) is 0.952. The molecular weight excluding hydrogens is 220 g/mol. The molecule has 1 rings (SSSR count). The lowest BCUT2D eigenvalue weighted by Crippen LogP contribution is -2.34. The van der Waals surface area contributed by atoms with Gasteiger partial charge in [0.05, 0.1) is 6.42 Å². The van der Waals surface area contributed by atoms with Crippen LogP contribution in [0.3, 0.4) is 0 Å². The summed E-state index contributed by atoms with van der Waals surface area (Å²) in [6.45, 7) is 2.79. The second kappa shape index (κ2) is 5.54. The third kappa shape index (κ3) is 3.68. The van der Waals surface area contributed by atoms with E-state index < -0.39 is 24.4 Å². The number of hydrogen-bond acceptors (Lipinski definition) is 4. The van der Waals surface area contributed by atoms with Crippen molar-refractivity contribution in [2.45, 2.75) is 37.8 Å². The first kappa shape index (κ1) is 13.3. The fourth-order valence-corrected chi connectivity index (χ4v) is 1.49. The Morgan fingerprint density at radius 3 is 2.88 bits per heavy atom. The van der Waals surface area contributed by atoms with E-state index in [-0.39, 0.29) is 12.6 Å². The molecule has 2 atom stereocenters. The number of halogens is 2. The van der Waals surface area contributed by atoms with Gasteiger partial charge in [-0.3, -0.25) is 0 Å². The van der Waals surface area contributed by atoms with Crippen molar-refractivity contribution in [1.82, 2.24) is 5.32 Å². The van der Waals surface area contributed by atoms with Crippen molar-refractivity contribution < 1.29 is 23.0 Å². The molecule has 0 aliphatic carbocycles. The van der Waals surface area contributed by atoms with Crippen LogP contribution in [0.15, 0.2) is 0 Å². The Bertz CT molecular complexity index is 248. The van der Waals surface area contributed by atoms with Crippen LogP contribution in [0, 0.1) is 0 Å². The SMILES string of the molecule is COCCC(C)NCC1CC(F)(F)C(=O)O1. The molecule has 0 aromatic heterocycles. The highest BCUT2D eigenvalue weighted by Gasteiger charge is 2.50. The number of hydrogen-bond donors (Lipinski definition) is 1. The Balaban J connectivity index is 2.22. The fraction of sp³-hybridized carbons (Fsp3) is 0.900. The van der Waals surface area contributed by atoms with Gasteiger partial charge >= 0.3 is 11.9 Å². The molecule has 0 spiro atoms. The van der Waals surface area contributed by atoms with Crippen molar-refractivity contribution in [3.63, 3.8) is 0 Å². The Labute approximate surface area is 93.3 Å². The van der Waals surface area contributed by atoms with Gasteiger partial charge in [-0.05, 0) is 13.3 Å². The molecule has 1 aliphatic heterocycles. The summed E-state index contributed by atoms with van der Waals surface area (Å²) in [5.74, 6) is -4.73. The van der Waals surface area contributed by atoms with Crippen molar-refractivity contribution >= 4 is 5.97 Å². The third-order valence-corrected chi connectivity index (χ3v) is 2.51. The van der Waals surface area contributed by atoms with Crippen molar-refractivity contribution in [3.8, 4) is 0 Å². The van der Waals surface area contributed by atoms with Crippen molar-refractivity contribution in [1.29, 1.82) is 0 Å². The molecule has 1 fully saturated rings. The third-order valence-electron chi connectivity index (χ3n) is 2.51. The zero-order valence-corrected chi connectivity index (χ0v) is 9.46. The molecule has 0 bridgehead atoms. The maximum Gasteiger partial charge on any atom is 0.377 e. The molecule has 1 saturated heterocycles. The topological polar surface area (TPSA) is 47.6 Å². The molecule has 0 amide bonds. The Morgan fingerprint density at radius 2 is 2.38 bits per heavy atom. The molecule has 0 aromatic carbocycles. The van der Waals surface area contributed by atoms with Crippen LogP contribution in [-0.2, 0) is 14.3 Å². The smallest absolute Gasteiger partial charge is 0.377 e. The molecule has 1 heterocycles. The van der Waals surface area contributed by atoms with Gasteiger partial charge < -0.3 is 14.8 Å². The average Bonchev–Trinajstić information content (AvgIpc) is 2.47. The van der Waals surface area contributed by atoms with Crippen LogP contribution in [0.4, 0.5) is 8.78 Å². The van der Waals surface area contributed by atoms with Crippen LogP contribution < -0.4 is 5.32 Å². The molecule has 0 radical (unpaired) electrons. The number of rotatable bonds is 6. The number of carbonyl (C=O) groups is 1. The van der Waals surface area contributed by atoms with Gasteiger partial charge in [-0.2, -0.15) is 8.78 Å². The molecule has 0 saturated carbocycles. The highest BCUT2D eigenvalue weighted by Crippen LogP contribution is 2.30. The quantitative estimate of drug-likeness (QED) is 0.699. The van der Waals surface area contributed by atoms with E-state index in [0.29, 0.717) is 6.61 Å². The van der Waals surface area contributed by atoms with E-state index in [4.69, 9.17) is 4.74 Å². The lowest BCUT2D eigenvalue weighted by Gasteiger charge is -2.15. The summed E-state index contributed by atoms with van der Waals surface area (Å²) in [5, 5.41) is 3.03.